The van der Waals surface area contributed by atoms with Crippen LogP contribution >= 0.6 is 0 Å². The van der Waals surface area contributed by atoms with E-state index in [1.165, 1.54) is 7.11 Å². The van der Waals surface area contributed by atoms with Gasteiger partial charge in [0.05, 0.1) is 12.5 Å². The summed E-state index contributed by atoms with van der Waals surface area (Å²) in [5.41, 5.74) is 2.07. The van der Waals surface area contributed by atoms with Gasteiger partial charge in [-0.2, -0.15) is 5.48 Å². The van der Waals surface area contributed by atoms with Crippen LogP contribution in [0.25, 0.3) is 0 Å². The third-order valence-corrected chi connectivity index (χ3v) is 4.10. The van der Waals surface area contributed by atoms with Crippen LogP contribution in [-0.2, 0) is 9.53 Å². The number of hydrogen-bond donors (Lipinski definition) is 2. The molecule has 4 heteroatoms. The van der Waals surface area contributed by atoms with Crippen molar-refractivity contribution in [3.8, 4) is 0 Å². The summed E-state index contributed by atoms with van der Waals surface area (Å²) in [6.45, 7) is 0. The average Bonchev–Trinajstić information content (AvgIpc) is 2.30. The van der Waals surface area contributed by atoms with Gasteiger partial charge in [0.1, 0.15) is 0 Å². The Morgan fingerprint density at radius 1 is 1.21 bits per heavy atom. The van der Waals surface area contributed by atoms with Gasteiger partial charge < -0.3 is 9.94 Å². The van der Waals surface area contributed by atoms with Gasteiger partial charge in [0.25, 0.3) is 0 Å². The molecule has 3 saturated carbocycles. The van der Waals surface area contributed by atoms with Gasteiger partial charge in [0.2, 0.25) is 0 Å². The maximum absolute atomic E-state index is 11.6. The van der Waals surface area contributed by atoms with Crippen LogP contribution in [-0.4, -0.2) is 23.8 Å². The summed E-state index contributed by atoms with van der Waals surface area (Å²) >= 11 is 0. The molecule has 3 aliphatic rings. The number of nitrogens with one attached hydrogen (secondary N) is 1. The molecule has 2 bridgehead atoms. The van der Waals surface area contributed by atoms with E-state index in [1.54, 1.807) is 0 Å². The predicted octanol–water partition coefficient (Wildman–Crippen LogP) is 1.23. The maximum atomic E-state index is 11.6. The van der Waals surface area contributed by atoms with Crippen LogP contribution in [0.4, 0.5) is 0 Å². The van der Waals surface area contributed by atoms with Gasteiger partial charge in [-0.25, -0.2) is 0 Å². The minimum atomic E-state index is -0.243. The second-order valence-electron chi connectivity index (χ2n) is 4.66. The Kier molecular flexibility index (Phi) is 2.27. The van der Waals surface area contributed by atoms with Crippen molar-refractivity contribution in [2.45, 2.75) is 44.1 Å². The second kappa shape index (κ2) is 3.21. The van der Waals surface area contributed by atoms with Crippen molar-refractivity contribution in [3.63, 3.8) is 0 Å². The highest BCUT2D eigenvalue weighted by Gasteiger charge is 2.52. The number of carbonyl (C=O) groups excluding carboxylic acids is 1. The monoisotopic (exact) mass is 199 g/mol. The number of methoxy groups -OCH3 is 1. The largest absolute Gasteiger partial charge is 0.469 e. The molecule has 0 aliphatic heterocycles. The van der Waals surface area contributed by atoms with E-state index in [1.807, 2.05) is 0 Å². The summed E-state index contributed by atoms with van der Waals surface area (Å²) in [4.78, 5) is 11.6. The molecule has 3 fully saturated rings. The lowest BCUT2D eigenvalue weighted by atomic mass is 9.57. The molecule has 3 aliphatic carbocycles. The Bertz CT molecular complexity index is 227. The first-order valence-corrected chi connectivity index (χ1v) is 5.16. The summed E-state index contributed by atoms with van der Waals surface area (Å²) < 4.78 is 4.85. The van der Waals surface area contributed by atoms with E-state index >= 15 is 0 Å². The number of rotatable bonds is 2. The van der Waals surface area contributed by atoms with Crippen LogP contribution in [0.3, 0.4) is 0 Å². The highest BCUT2D eigenvalue weighted by molar-refractivity contribution is 5.77. The Morgan fingerprint density at radius 2 is 1.71 bits per heavy atom. The molecule has 2 N–H and O–H groups in total. The molecule has 0 saturated heterocycles. The zero-order valence-electron chi connectivity index (χ0n) is 8.51. The van der Waals surface area contributed by atoms with Crippen molar-refractivity contribution in [3.05, 3.63) is 0 Å². The Morgan fingerprint density at radius 3 is 2.07 bits per heavy atom. The first kappa shape index (κ1) is 9.93. The molecular formula is C10H17NO3. The van der Waals surface area contributed by atoms with E-state index in [4.69, 9.17) is 9.94 Å². The highest BCUT2D eigenvalue weighted by Crippen LogP contribution is 2.52. The number of fused-ring (bicyclic) bond motifs is 3. The highest BCUT2D eigenvalue weighted by atomic mass is 16.5. The standard InChI is InChI=1S/C10H17NO3/c1-14-8(12)9-2-5-10(11-13,6-3-9)7-4-9/h11,13H,2-7H2,1H3. The topological polar surface area (TPSA) is 58.6 Å². The third kappa shape index (κ3) is 1.25. The maximum Gasteiger partial charge on any atom is 0.311 e. The van der Waals surface area contributed by atoms with E-state index < -0.39 is 0 Å². The summed E-state index contributed by atoms with van der Waals surface area (Å²) in [6.07, 6.45) is 5.14. The van der Waals surface area contributed by atoms with Gasteiger partial charge in [-0.3, -0.25) is 4.79 Å². The van der Waals surface area contributed by atoms with Gasteiger partial charge in [0.15, 0.2) is 0 Å². The van der Waals surface area contributed by atoms with Crippen LogP contribution in [0, 0.1) is 5.41 Å². The zero-order valence-corrected chi connectivity index (χ0v) is 8.51. The molecular weight excluding hydrogens is 182 g/mol. The fraction of sp³-hybridized carbons (Fsp3) is 0.900. The molecule has 0 spiro atoms. The van der Waals surface area contributed by atoms with Gasteiger partial charge in [-0.05, 0) is 38.5 Å². The molecule has 80 valence electrons. The molecule has 14 heavy (non-hydrogen) atoms. The average molecular weight is 199 g/mol. The molecule has 0 radical (unpaired) electrons. The van der Waals surface area contributed by atoms with Crippen molar-refractivity contribution in [1.29, 1.82) is 0 Å². The van der Waals surface area contributed by atoms with Crippen LogP contribution in [0.15, 0.2) is 0 Å². The number of carbonyl (C=O) groups is 1. The number of ether oxygens (including phenoxy) is 1. The summed E-state index contributed by atoms with van der Waals surface area (Å²) in [7, 11) is 1.46. The van der Waals surface area contributed by atoms with E-state index in [9.17, 15) is 4.79 Å². The van der Waals surface area contributed by atoms with Crippen molar-refractivity contribution in [1.82, 2.24) is 5.48 Å². The van der Waals surface area contributed by atoms with E-state index in [2.05, 4.69) is 5.48 Å². The van der Waals surface area contributed by atoms with E-state index in [0.29, 0.717) is 0 Å². The van der Waals surface area contributed by atoms with Gasteiger partial charge in [0, 0.05) is 5.54 Å². The lowest BCUT2D eigenvalue weighted by molar-refractivity contribution is -0.163. The second-order valence-corrected chi connectivity index (χ2v) is 4.66. The van der Waals surface area contributed by atoms with Crippen molar-refractivity contribution >= 4 is 5.97 Å². The lowest BCUT2D eigenvalue weighted by Crippen LogP contribution is -2.56. The van der Waals surface area contributed by atoms with Crippen LogP contribution in [0.1, 0.15) is 38.5 Å². The normalized spacial score (nSPS) is 41.0. The Hall–Kier alpha value is -0.610. The fourth-order valence-electron chi connectivity index (χ4n) is 2.88. The molecule has 0 amide bonds. The number of hydroxylamine groups is 1. The SMILES string of the molecule is COC(=O)C12CCC(NO)(CC1)CC2. The molecule has 0 unspecified atom stereocenters. The molecule has 0 aromatic rings. The molecule has 0 aromatic heterocycles. The van der Waals surface area contributed by atoms with Crippen LogP contribution in [0.2, 0.25) is 0 Å². The minimum Gasteiger partial charge on any atom is -0.469 e. The smallest absolute Gasteiger partial charge is 0.311 e. The van der Waals surface area contributed by atoms with E-state index in [-0.39, 0.29) is 16.9 Å². The lowest BCUT2D eigenvalue weighted by Gasteiger charge is -2.50. The first-order valence-electron chi connectivity index (χ1n) is 5.16. The van der Waals surface area contributed by atoms with E-state index in [0.717, 1.165) is 38.5 Å². The molecule has 3 rings (SSSR count). The minimum absolute atomic E-state index is 0.0660. The van der Waals surface area contributed by atoms with Gasteiger partial charge in [-0.1, -0.05) is 0 Å². The van der Waals surface area contributed by atoms with Crippen LogP contribution < -0.4 is 5.48 Å². The van der Waals surface area contributed by atoms with Gasteiger partial charge in [-0.15, -0.1) is 0 Å². The summed E-state index contributed by atoms with van der Waals surface area (Å²) in [6, 6.07) is 0. The molecule has 0 aromatic carbocycles. The quantitative estimate of drug-likeness (QED) is 0.519. The third-order valence-electron chi connectivity index (χ3n) is 4.10. The fourth-order valence-corrected chi connectivity index (χ4v) is 2.88. The molecule has 0 heterocycles. The zero-order chi connectivity index (χ0) is 10.2. The van der Waals surface area contributed by atoms with Gasteiger partial charge >= 0.3 is 5.97 Å². The summed E-state index contributed by atoms with van der Waals surface area (Å²) in [5.74, 6) is -0.0660. The van der Waals surface area contributed by atoms with Crippen molar-refractivity contribution < 1.29 is 14.7 Å². The van der Waals surface area contributed by atoms with Crippen molar-refractivity contribution in [2.75, 3.05) is 7.11 Å². The summed E-state index contributed by atoms with van der Waals surface area (Å²) in [5, 5.41) is 9.08. The van der Waals surface area contributed by atoms with Crippen LogP contribution in [0.5, 0.6) is 0 Å². The predicted molar refractivity (Wildman–Crippen MR) is 49.8 cm³/mol. The number of hydrogen-bond acceptors (Lipinski definition) is 4. The first-order chi connectivity index (χ1) is 6.66. The Labute approximate surface area is 83.6 Å². The Balaban J connectivity index is 2.12. The number of esters is 1. The van der Waals surface area contributed by atoms with Crippen molar-refractivity contribution in [2.24, 2.45) is 5.41 Å². The molecule has 4 nitrogen and oxygen atoms in total. The molecule has 0 atom stereocenters.